The molecular weight excluding hydrogens is 464 g/mol. The Morgan fingerprint density at radius 3 is 2.31 bits per heavy atom. The molecule has 0 unspecified atom stereocenters. The number of ether oxygens (including phenoxy) is 1. The number of hydrogen-bond acceptors (Lipinski definition) is 5. The van der Waals surface area contributed by atoms with E-state index in [9.17, 15) is 14.4 Å². The van der Waals surface area contributed by atoms with Gasteiger partial charge in [0.15, 0.2) is 5.78 Å². The Hall–Kier alpha value is -3.90. The number of carbonyl (C=O) groups is 3. The summed E-state index contributed by atoms with van der Waals surface area (Å²) in [6, 6.07) is 20.1. The van der Waals surface area contributed by atoms with Gasteiger partial charge in [0.05, 0.1) is 35.7 Å². The molecular formula is C28H21ClN2O4. The lowest BCUT2D eigenvalue weighted by molar-refractivity contribution is -0.123. The number of Topliss-reactive ketones (excluding diaryl/α,β-unsaturated/α-hetero) is 1. The summed E-state index contributed by atoms with van der Waals surface area (Å²) in [7, 11) is 1.56. The van der Waals surface area contributed by atoms with Gasteiger partial charge in [-0.15, -0.1) is 0 Å². The van der Waals surface area contributed by atoms with Crippen LogP contribution in [0.25, 0.3) is 6.08 Å². The highest BCUT2D eigenvalue weighted by Crippen LogP contribution is 2.54. The summed E-state index contributed by atoms with van der Waals surface area (Å²) in [4.78, 5) is 44.7. The highest BCUT2D eigenvalue weighted by molar-refractivity contribution is 6.36. The first-order valence-corrected chi connectivity index (χ1v) is 11.7. The second-order valence-corrected chi connectivity index (χ2v) is 9.30. The normalized spacial score (nSPS) is 24.3. The van der Waals surface area contributed by atoms with Crippen molar-refractivity contribution in [2.75, 3.05) is 12.0 Å². The van der Waals surface area contributed by atoms with Gasteiger partial charge in [-0.05, 0) is 53.6 Å². The van der Waals surface area contributed by atoms with Gasteiger partial charge in [-0.1, -0.05) is 48.0 Å². The predicted molar refractivity (Wildman–Crippen MR) is 132 cm³/mol. The van der Waals surface area contributed by atoms with Gasteiger partial charge in [-0.2, -0.15) is 0 Å². The monoisotopic (exact) mass is 484 g/mol. The van der Waals surface area contributed by atoms with E-state index in [1.165, 1.54) is 4.90 Å². The van der Waals surface area contributed by atoms with Crippen molar-refractivity contribution in [3.8, 4) is 5.75 Å². The number of methoxy groups -OCH3 is 1. The number of carbonyl (C=O) groups excluding carboxylic acids is 3. The summed E-state index contributed by atoms with van der Waals surface area (Å²) in [6.45, 7) is 0. The molecule has 0 spiro atoms. The first-order valence-electron chi connectivity index (χ1n) is 11.4. The van der Waals surface area contributed by atoms with Gasteiger partial charge in [-0.3, -0.25) is 14.4 Å². The first kappa shape index (κ1) is 21.6. The lowest BCUT2D eigenvalue weighted by atomic mass is 9.83. The van der Waals surface area contributed by atoms with Crippen LogP contribution in [0.5, 0.6) is 5.75 Å². The Morgan fingerprint density at radius 1 is 0.886 bits per heavy atom. The van der Waals surface area contributed by atoms with Crippen LogP contribution in [0.4, 0.5) is 5.69 Å². The molecule has 2 amide bonds. The van der Waals surface area contributed by atoms with Crippen LogP contribution in [0.3, 0.4) is 0 Å². The SMILES string of the molecule is COc1ccc(C(=O)[C@H]2[C@@H]3C(=O)N(c4ccccc4Cl)C(=O)[C@@H]3[C@H]3c4ccccc4C=CN32)cc1. The Morgan fingerprint density at radius 2 is 1.57 bits per heavy atom. The molecule has 2 saturated heterocycles. The van der Waals surface area contributed by atoms with Crippen molar-refractivity contribution in [3.63, 3.8) is 0 Å². The van der Waals surface area contributed by atoms with Gasteiger partial charge >= 0.3 is 0 Å². The minimum atomic E-state index is -0.839. The Bertz CT molecular complexity index is 1400. The third-order valence-corrected chi connectivity index (χ3v) is 7.52. The Kier molecular flexibility index (Phi) is 5.00. The third-order valence-electron chi connectivity index (χ3n) is 7.20. The van der Waals surface area contributed by atoms with Gasteiger partial charge in [0, 0.05) is 11.8 Å². The molecule has 3 aromatic rings. The van der Waals surface area contributed by atoms with E-state index in [1.807, 2.05) is 41.4 Å². The maximum Gasteiger partial charge on any atom is 0.240 e. The molecule has 174 valence electrons. The molecule has 0 bridgehead atoms. The molecule has 0 N–H and O–H groups in total. The number of ketones is 1. The molecule has 0 aromatic heterocycles. The molecule has 3 heterocycles. The van der Waals surface area contributed by atoms with E-state index in [-0.39, 0.29) is 11.7 Å². The number of nitrogens with zero attached hydrogens (tertiary/aromatic N) is 2. The summed E-state index contributed by atoms with van der Waals surface area (Å²) in [5.74, 6) is -1.87. The molecule has 6 nitrogen and oxygen atoms in total. The summed E-state index contributed by atoms with van der Waals surface area (Å²) in [5.41, 5.74) is 2.71. The number of fused-ring (bicyclic) bond motifs is 5. The Labute approximate surface area is 207 Å². The molecule has 35 heavy (non-hydrogen) atoms. The zero-order valence-electron chi connectivity index (χ0n) is 18.8. The Balaban J connectivity index is 1.49. The molecule has 3 aliphatic rings. The number of para-hydroxylation sites is 1. The largest absolute Gasteiger partial charge is 0.497 e. The predicted octanol–water partition coefficient (Wildman–Crippen LogP) is 4.75. The van der Waals surface area contributed by atoms with Crippen molar-refractivity contribution in [3.05, 3.63) is 101 Å². The quantitative estimate of drug-likeness (QED) is 0.395. The van der Waals surface area contributed by atoms with Crippen molar-refractivity contribution in [1.29, 1.82) is 0 Å². The van der Waals surface area contributed by atoms with Crippen LogP contribution >= 0.6 is 11.6 Å². The lowest BCUT2D eigenvalue weighted by Crippen LogP contribution is -2.44. The van der Waals surface area contributed by atoms with Crippen LogP contribution in [0.1, 0.15) is 27.5 Å². The topological polar surface area (TPSA) is 66.9 Å². The summed E-state index contributed by atoms with van der Waals surface area (Å²) >= 11 is 6.39. The molecule has 2 fully saturated rings. The first-order chi connectivity index (χ1) is 17.0. The van der Waals surface area contributed by atoms with Crippen molar-refractivity contribution >= 4 is 41.0 Å². The summed E-state index contributed by atoms with van der Waals surface area (Å²) in [5, 5.41) is 0.313. The smallest absolute Gasteiger partial charge is 0.240 e. The molecule has 3 aliphatic heterocycles. The molecule has 3 aromatic carbocycles. The van der Waals surface area contributed by atoms with E-state index in [4.69, 9.17) is 16.3 Å². The fraction of sp³-hybridized carbons (Fsp3) is 0.179. The maximum atomic E-state index is 13.9. The van der Waals surface area contributed by atoms with E-state index in [1.54, 1.807) is 55.6 Å². The van der Waals surface area contributed by atoms with E-state index < -0.39 is 29.8 Å². The van der Waals surface area contributed by atoms with Crippen molar-refractivity contribution < 1.29 is 19.1 Å². The second-order valence-electron chi connectivity index (χ2n) is 8.89. The van der Waals surface area contributed by atoms with Crippen LogP contribution in [-0.4, -0.2) is 35.6 Å². The average molecular weight is 485 g/mol. The average Bonchev–Trinajstić information content (AvgIpc) is 3.36. The number of benzene rings is 3. The van der Waals surface area contributed by atoms with Gasteiger partial charge < -0.3 is 9.64 Å². The lowest BCUT2D eigenvalue weighted by Gasteiger charge is -2.35. The maximum absolute atomic E-state index is 13.9. The number of rotatable bonds is 4. The van der Waals surface area contributed by atoms with Crippen LogP contribution < -0.4 is 9.64 Å². The molecule has 4 atom stereocenters. The molecule has 7 heteroatoms. The summed E-state index contributed by atoms with van der Waals surface area (Å²) < 4.78 is 5.22. The van der Waals surface area contributed by atoms with Gasteiger partial charge in [0.1, 0.15) is 11.8 Å². The standard InChI is InChI=1S/C28H21ClN2O4/c1-35-18-12-10-17(11-13-18)26(32)25-23-22(24-19-7-3-2-6-16(19)14-15-30(24)25)27(33)31(28(23)34)21-9-5-4-8-20(21)29/h2-15,22-25H,1H3/t22-,23+,24+,25+/m0/s1. The second kappa shape index (κ2) is 8.10. The highest BCUT2D eigenvalue weighted by atomic mass is 35.5. The molecule has 6 rings (SSSR count). The minimum absolute atomic E-state index is 0.212. The zero-order valence-corrected chi connectivity index (χ0v) is 19.6. The van der Waals surface area contributed by atoms with Gasteiger partial charge in [0.2, 0.25) is 11.8 Å². The number of anilines is 1. The van der Waals surface area contributed by atoms with E-state index in [2.05, 4.69) is 0 Å². The fourth-order valence-electron chi connectivity index (χ4n) is 5.65. The van der Waals surface area contributed by atoms with Gasteiger partial charge in [-0.25, -0.2) is 4.90 Å². The number of imide groups is 1. The third kappa shape index (κ3) is 3.13. The van der Waals surface area contributed by atoms with E-state index >= 15 is 0 Å². The van der Waals surface area contributed by atoms with E-state index in [0.29, 0.717) is 22.0 Å². The zero-order chi connectivity index (χ0) is 24.3. The van der Waals surface area contributed by atoms with Gasteiger partial charge in [0.25, 0.3) is 0 Å². The highest BCUT2D eigenvalue weighted by Gasteiger charge is 2.64. The van der Waals surface area contributed by atoms with E-state index in [0.717, 1.165) is 11.1 Å². The minimum Gasteiger partial charge on any atom is -0.497 e. The fourth-order valence-corrected chi connectivity index (χ4v) is 5.87. The number of halogens is 1. The van der Waals surface area contributed by atoms with Crippen LogP contribution in [0.15, 0.2) is 79.0 Å². The number of amides is 2. The number of hydrogen-bond donors (Lipinski definition) is 0. The van der Waals surface area contributed by atoms with Crippen molar-refractivity contribution in [2.24, 2.45) is 11.8 Å². The summed E-state index contributed by atoms with van der Waals surface area (Å²) in [6.07, 6.45) is 3.78. The van der Waals surface area contributed by atoms with Crippen LogP contribution in [0.2, 0.25) is 5.02 Å². The van der Waals surface area contributed by atoms with Crippen LogP contribution in [0, 0.1) is 11.8 Å². The van der Waals surface area contributed by atoms with Crippen LogP contribution in [-0.2, 0) is 9.59 Å². The molecule has 0 aliphatic carbocycles. The van der Waals surface area contributed by atoms with Crippen molar-refractivity contribution in [2.45, 2.75) is 12.1 Å². The molecule has 0 radical (unpaired) electrons. The van der Waals surface area contributed by atoms with Crippen molar-refractivity contribution in [1.82, 2.24) is 4.90 Å². The molecule has 0 saturated carbocycles.